The third-order valence-corrected chi connectivity index (χ3v) is 5.84. The van der Waals surface area contributed by atoms with Crippen molar-refractivity contribution < 1.29 is 19.1 Å². The van der Waals surface area contributed by atoms with Gasteiger partial charge in [0.25, 0.3) is 11.7 Å². The van der Waals surface area contributed by atoms with Gasteiger partial charge in [-0.25, -0.2) is 0 Å². The molecular weight excluding hydrogens is 462 g/mol. The van der Waals surface area contributed by atoms with E-state index in [9.17, 15) is 14.4 Å². The summed E-state index contributed by atoms with van der Waals surface area (Å²) in [6.07, 6.45) is 1.60. The number of aryl methyl sites for hydroxylation is 1. The fourth-order valence-corrected chi connectivity index (χ4v) is 4.16. The van der Waals surface area contributed by atoms with Crippen LogP contribution in [0, 0.1) is 6.92 Å². The van der Waals surface area contributed by atoms with E-state index in [1.165, 1.54) is 0 Å². The van der Waals surface area contributed by atoms with Crippen LogP contribution in [0.4, 0.5) is 5.69 Å². The summed E-state index contributed by atoms with van der Waals surface area (Å²) in [6.45, 7) is 4.11. The highest BCUT2D eigenvalue weighted by Gasteiger charge is 2.24. The fraction of sp³-hybridized carbons (Fsp3) is 0.261. The zero-order valence-corrected chi connectivity index (χ0v) is 18.6. The Balaban J connectivity index is 1.59. The molecule has 1 N–H and O–H groups in total. The number of nitrogens with one attached hydrogen (secondary N) is 1. The number of carbonyl (C=O) groups is 3. The first-order chi connectivity index (χ1) is 14.9. The summed E-state index contributed by atoms with van der Waals surface area (Å²) in [5, 5.41) is 3.34. The van der Waals surface area contributed by atoms with Gasteiger partial charge in [-0.05, 0) is 36.8 Å². The van der Waals surface area contributed by atoms with E-state index in [1.54, 1.807) is 33.9 Å². The molecule has 3 aromatic rings. The lowest BCUT2D eigenvalue weighted by atomic mass is 10.1. The number of ketones is 1. The number of benzene rings is 2. The van der Waals surface area contributed by atoms with Gasteiger partial charge in [-0.3, -0.25) is 14.4 Å². The van der Waals surface area contributed by atoms with Crippen LogP contribution in [0.15, 0.2) is 53.1 Å². The molecule has 0 atom stereocenters. The van der Waals surface area contributed by atoms with Crippen molar-refractivity contribution in [3.05, 3.63) is 64.3 Å². The van der Waals surface area contributed by atoms with Gasteiger partial charge in [-0.1, -0.05) is 34.1 Å². The predicted molar refractivity (Wildman–Crippen MR) is 121 cm³/mol. The van der Waals surface area contributed by atoms with Crippen LogP contribution < -0.4 is 5.32 Å². The van der Waals surface area contributed by atoms with E-state index in [4.69, 9.17) is 4.74 Å². The van der Waals surface area contributed by atoms with E-state index in [0.29, 0.717) is 37.4 Å². The molecule has 1 aliphatic heterocycles. The average molecular weight is 484 g/mol. The number of anilines is 1. The molecule has 0 saturated carbocycles. The number of rotatable bonds is 5. The number of hydrogen-bond donors (Lipinski definition) is 1. The van der Waals surface area contributed by atoms with Crippen molar-refractivity contribution in [2.75, 3.05) is 31.6 Å². The standard InChI is InChI=1S/C23H22BrN3O4/c1-15-12-16(24)6-7-19(15)25-23(30)22(29)18-13-27(20-5-3-2-4-17(18)20)14-21(28)26-8-10-31-11-9-26/h2-7,12-13H,8-11,14H2,1H3,(H,25,30). The smallest absolute Gasteiger partial charge is 0.296 e. The van der Waals surface area contributed by atoms with Gasteiger partial charge in [0.1, 0.15) is 6.54 Å². The van der Waals surface area contributed by atoms with Crippen molar-refractivity contribution in [2.24, 2.45) is 0 Å². The van der Waals surface area contributed by atoms with Crippen LogP contribution in [-0.2, 0) is 20.9 Å². The van der Waals surface area contributed by atoms with Crippen LogP contribution in [0.1, 0.15) is 15.9 Å². The number of nitrogens with zero attached hydrogens (tertiary/aromatic N) is 2. The molecule has 0 bridgehead atoms. The summed E-state index contributed by atoms with van der Waals surface area (Å²) in [5.74, 6) is -1.40. The number of aromatic nitrogens is 1. The molecule has 1 aliphatic rings. The lowest BCUT2D eigenvalue weighted by molar-refractivity contribution is -0.135. The predicted octanol–water partition coefficient (Wildman–Crippen LogP) is 3.39. The summed E-state index contributed by atoms with van der Waals surface area (Å²) in [5.41, 5.74) is 2.43. The number of fused-ring (bicyclic) bond motifs is 1. The summed E-state index contributed by atoms with van der Waals surface area (Å²) in [7, 11) is 0. The van der Waals surface area contributed by atoms with Crippen LogP contribution >= 0.6 is 15.9 Å². The Morgan fingerprint density at radius 1 is 1.10 bits per heavy atom. The number of halogens is 1. The lowest BCUT2D eigenvalue weighted by Crippen LogP contribution is -2.42. The quantitative estimate of drug-likeness (QED) is 0.445. The molecule has 0 radical (unpaired) electrons. The fourth-order valence-electron chi connectivity index (χ4n) is 3.69. The zero-order valence-electron chi connectivity index (χ0n) is 17.1. The van der Waals surface area contributed by atoms with Crippen LogP contribution in [0.2, 0.25) is 0 Å². The van der Waals surface area contributed by atoms with Crippen LogP contribution in [0.3, 0.4) is 0 Å². The molecule has 1 aromatic heterocycles. The molecule has 2 amide bonds. The highest BCUT2D eigenvalue weighted by molar-refractivity contribution is 9.10. The Morgan fingerprint density at radius 3 is 2.58 bits per heavy atom. The van der Waals surface area contributed by atoms with Crippen molar-refractivity contribution in [3.63, 3.8) is 0 Å². The number of para-hydroxylation sites is 1. The summed E-state index contributed by atoms with van der Waals surface area (Å²) < 4.78 is 7.93. The van der Waals surface area contributed by atoms with Crippen molar-refractivity contribution >= 4 is 50.1 Å². The molecule has 2 aromatic carbocycles. The first kappa shape index (κ1) is 21.3. The Morgan fingerprint density at radius 2 is 1.84 bits per heavy atom. The second kappa shape index (κ2) is 9.03. The molecule has 4 rings (SSSR count). The Kier molecular flexibility index (Phi) is 6.20. The minimum absolute atomic E-state index is 0.0435. The summed E-state index contributed by atoms with van der Waals surface area (Å²) >= 11 is 3.39. The summed E-state index contributed by atoms with van der Waals surface area (Å²) in [4.78, 5) is 40.2. The van der Waals surface area contributed by atoms with Crippen molar-refractivity contribution in [3.8, 4) is 0 Å². The molecule has 160 valence electrons. The van der Waals surface area contributed by atoms with E-state index in [2.05, 4.69) is 21.2 Å². The minimum Gasteiger partial charge on any atom is -0.378 e. The molecule has 0 unspecified atom stereocenters. The second-order valence-corrected chi connectivity index (χ2v) is 8.34. The van der Waals surface area contributed by atoms with Gasteiger partial charge >= 0.3 is 0 Å². The molecule has 31 heavy (non-hydrogen) atoms. The van der Waals surface area contributed by atoms with Gasteiger partial charge in [0.05, 0.1) is 18.8 Å². The van der Waals surface area contributed by atoms with Crippen molar-refractivity contribution in [1.29, 1.82) is 0 Å². The maximum atomic E-state index is 13.0. The molecule has 0 aliphatic carbocycles. The average Bonchev–Trinajstić information content (AvgIpc) is 3.14. The van der Waals surface area contributed by atoms with E-state index >= 15 is 0 Å². The molecule has 1 fully saturated rings. The summed E-state index contributed by atoms with van der Waals surface area (Å²) in [6, 6.07) is 12.7. The molecule has 1 saturated heterocycles. The number of Topliss-reactive ketones (excluding diaryl/α,β-unsaturated/α-hetero) is 1. The van der Waals surface area contributed by atoms with Crippen molar-refractivity contribution in [2.45, 2.75) is 13.5 Å². The molecule has 8 heteroatoms. The van der Waals surface area contributed by atoms with Crippen LogP contribution in [-0.4, -0.2) is 53.4 Å². The number of carbonyl (C=O) groups excluding carboxylic acids is 3. The Bertz CT molecular complexity index is 1160. The lowest BCUT2D eigenvalue weighted by Gasteiger charge is -2.27. The van der Waals surface area contributed by atoms with Gasteiger partial charge in [-0.15, -0.1) is 0 Å². The Labute approximate surface area is 188 Å². The van der Waals surface area contributed by atoms with E-state index in [-0.39, 0.29) is 18.0 Å². The van der Waals surface area contributed by atoms with Gasteiger partial charge in [-0.2, -0.15) is 0 Å². The van der Waals surface area contributed by atoms with Gasteiger partial charge < -0.3 is 19.5 Å². The zero-order chi connectivity index (χ0) is 22.0. The highest BCUT2D eigenvalue weighted by Crippen LogP contribution is 2.24. The van der Waals surface area contributed by atoms with E-state index in [0.717, 1.165) is 15.6 Å². The Hall–Kier alpha value is -2.97. The first-order valence-electron chi connectivity index (χ1n) is 9.99. The molecule has 2 heterocycles. The largest absolute Gasteiger partial charge is 0.378 e. The van der Waals surface area contributed by atoms with Crippen LogP contribution in [0.25, 0.3) is 10.9 Å². The second-order valence-electron chi connectivity index (χ2n) is 7.42. The number of ether oxygens (including phenoxy) is 1. The maximum absolute atomic E-state index is 13.0. The topological polar surface area (TPSA) is 80.6 Å². The van der Waals surface area contributed by atoms with Crippen molar-refractivity contribution in [1.82, 2.24) is 9.47 Å². The highest BCUT2D eigenvalue weighted by atomic mass is 79.9. The first-order valence-corrected chi connectivity index (χ1v) is 10.8. The van der Waals surface area contributed by atoms with Gasteiger partial charge in [0, 0.05) is 40.3 Å². The van der Waals surface area contributed by atoms with Crippen LogP contribution in [0.5, 0.6) is 0 Å². The third-order valence-electron chi connectivity index (χ3n) is 5.35. The van der Waals surface area contributed by atoms with E-state index in [1.807, 2.05) is 31.2 Å². The SMILES string of the molecule is Cc1cc(Br)ccc1NC(=O)C(=O)c1cn(CC(=O)N2CCOCC2)c2ccccc12. The molecule has 0 spiro atoms. The van der Waals surface area contributed by atoms with Gasteiger partial charge in [0.15, 0.2) is 0 Å². The number of amides is 2. The maximum Gasteiger partial charge on any atom is 0.296 e. The number of morpholine rings is 1. The minimum atomic E-state index is -0.715. The molecule has 7 nitrogen and oxygen atoms in total. The van der Waals surface area contributed by atoms with Gasteiger partial charge in [0.2, 0.25) is 5.91 Å². The molecular formula is C23H22BrN3O4. The van der Waals surface area contributed by atoms with E-state index < -0.39 is 11.7 Å². The normalized spacial score (nSPS) is 13.9. The third kappa shape index (κ3) is 4.55. The number of hydrogen-bond acceptors (Lipinski definition) is 4. The monoisotopic (exact) mass is 483 g/mol.